The van der Waals surface area contributed by atoms with Crippen molar-refractivity contribution in [1.29, 1.82) is 0 Å². The van der Waals surface area contributed by atoms with Crippen LogP contribution in [0.1, 0.15) is 16.3 Å². The molecule has 2 aromatic heterocycles. The average molecular weight is 407 g/mol. The number of nitrogens with zero attached hydrogens (tertiary/aromatic N) is 2. The van der Waals surface area contributed by atoms with Crippen LogP contribution in [0.5, 0.6) is 5.75 Å². The van der Waals surface area contributed by atoms with Crippen molar-refractivity contribution in [3.63, 3.8) is 0 Å². The van der Waals surface area contributed by atoms with Gasteiger partial charge in [-0.15, -0.1) is 11.3 Å². The van der Waals surface area contributed by atoms with Crippen molar-refractivity contribution >= 4 is 27.2 Å². The van der Waals surface area contributed by atoms with Crippen LogP contribution in [0.3, 0.4) is 0 Å². The Balaban J connectivity index is 1.70. The number of benzene rings is 2. The van der Waals surface area contributed by atoms with Crippen LogP contribution >= 0.6 is 11.3 Å². The van der Waals surface area contributed by atoms with Gasteiger partial charge in [-0.25, -0.2) is 4.98 Å². The Morgan fingerprint density at radius 2 is 1.86 bits per heavy atom. The van der Waals surface area contributed by atoms with Gasteiger partial charge in [-0.05, 0) is 25.5 Å². The fraction of sp³-hybridized carbons (Fsp3) is 0.143. The molecule has 29 heavy (non-hydrogen) atoms. The van der Waals surface area contributed by atoms with Crippen LogP contribution < -0.4 is 10.3 Å². The third-order valence-corrected chi connectivity index (χ3v) is 5.55. The van der Waals surface area contributed by atoms with E-state index in [1.807, 2.05) is 38.1 Å². The van der Waals surface area contributed by atoms with Gasteiger partial charge in [0.1, 0.15) is 17.3 Å². The fourth-order valence-corrected chi connectivity index (χ4v) is 4.24. The summed E-state index contributed by atoms with van der Waals surface area (Å²) in [5, 5.41) is 11.7. The third-order valence-electron chi connectivity index (χ3n) is 4.55. The molecule has 0 saturated heterocycles. The lowest BCUT2D eigenvalue weighted by Gasteiger charge is -2.06. The summed E-state index contributed by atoms with van der Waals surface area (Å²) in [6.45, 7) is 3.90. The average Bonchev–Trinajstić information content (AvgIpc) is 3.03. The number of ether oxygens (including phenoxy) is 1. The molecule has 2 aromatic carbocycles. The van der Waals surface area contributed by atoms with Crippen LogP contribution in [0.2, 0.25) is 0 Å². The lowest BCUT2D eigenvalue weighted by molar-refractivity contribution is -0.385. The number of hydrogen-bond acceptors (Lipinski definition) is 6. The third kappa shape index (κ3) is 3.62. The molecular weight excluding hydrogens is 390 g/mol. The maximum absolute atomic E-state index is 12.8. The summed E-state index contributed by atoms with van der Waals surface area (Å²) < 4.78 is 5.55. The van der Waals surface area contributed by atoms with Crippen LogP contribution in [0.4, 0.5) is 5.69 Å². The molecule has 0 saturated carbocycles. The highest BCUT2D eigenvalue weighted by Crippen LogP contribution is 2.35. The first-order chi connectivity index (χ1) is 13.9. The van der Waals surface area contributed by atoms with E-state index in [2.05, 4.69) is 9.97 Å². The number of H-pyrrole nitrogens is 1. The van der Waals surface area contributed by atoms with Crippen LogP contribution in [-0.4, -0.2) is 14.9 Å². The van der Waals surface area contributed by atoms with E-state index < -0.39 is 4.92 Å². The number of aromatic nitrogens is 2. The highest BCUT2D eigenvalue weighted by molar-refractivity contribution is 7.19. The van der Waals surface area contributed by atoms with E-state index in [1.165, 1.54) is 23.5 Å². The molecule has 0 aliphatic rings. The molecule has 0 fully saturated rings. The Morgan fingerprint density at radius 3 is 2.59 bits per heavy atom. The Bertz CT molecular complexity index is 1280. The van der Waals surface area contributed by atoms with Gasteiger partial charge in [0, 0.05) is 16.5 Å². The zero-order valence-electron chi connectivity index (χ0n) is 15.8. The first kappa shape index (κ1) is 18.8. The van der Waals surface area contributed by atoms with Crippen LogP contribution in [-0.2, 0) is 6.61 Å². The molecule has 4 aromatic rings. The zero-order chi connectivity index (χ0) is 20.5. The number of nitro groups is 1. The quantitative estimate of drug-likeness (QED) is 0.380. The standard InChI is InChI=1S/C21H17N3O4S/c1-12-7-9-14(10-8-12)18-13(2)29-21-19(18)20(25)22-17(23-21)11-28-16-6-4-3-5-15(16)24(26)27/h3-10H,11H2,1-2H3,(H,22,23,25). The van der Waals surface area contributed by atoms with E-state index in [0.717, 1.165) is 21.6 Å². The first-order valence-corrected chi connectivity index (χ1v) is 9.71. The van der Waals surface area contributed by atoms with Crippen LogP contribution in [0, 0.1) is 24.0 Å². The number of thiophene rings is 1. The number of nitro benzene ring substituents is 1. The minimum Gasteiger partial charge on any atom is -0.479 e. The molecule has 0 aliphatic carbocycles. The summed E-state index contributed by atoms with van der Waals surface area (Å²) in [4.78, 5) is 32.3. The van der Waals surface area contributed by atoms with Gasteiger partial charge in [0.25, 0.3) is 5.56 Å². The summed E-state index contributed by atoms with van der Waals surface area (Å²) in [7, 11) is 0. The SMILES string of the molecule is Cc1ccc(-c2c(C)sc3nc(COc4ccccc4[N+](=O)[O-])[nH]c(=O)c23)cc1. The maximum atomic E-state index is 12.8. The maximum Gasteiger partial charge on any atom is 0.310 e. The van der Waals surface area contributed by atoms with E-state index >= 15 is 0 Å². The normalized spacial score (nSPS) is 11.0. The van der Waals surface area contributed by atoms with Crippen molar-refractivity contribution in [3.05, 3.63) is 85.3 Å². The van der Waals surface area contributed by atoms with Crippen molar-refractivity contribution in [1.82, 2.24) is 9.97 Å². The van der Waals surface area contributed by atoms with E-state index in [-0.39, 0.29) is 23.6 Å². The predicted octanol–water partition coefficient (Wildman–Crippen LogP) is 4.76. The summed E-state index contributed by atoms with van der Waals surface area (Å²) in [6, 6.07) is 14.1. The molecule has 2 heterocycles. The Labute approximate surface area is 169 Å². The minimum absolute atomic E-state index is 0.0765. The van der Waals surface area contributed by atoms with Gasteiger partial charge in [0.2, 0.25) is 0 Å². The van der Waals surface area contributed by atoms with Crippen molar-refractivity contribution in [2.24, 2.45) is 0 Å². The lowest BCUT2D eigenvalue weighted by Crippen LogP contribution is -2.13. The van der Waals surface area contributed by atoms with Gasteiger partial charge >= 0.3 is 5.69 Å². The number of para-hydroxylation sites is 2. The zero-order valence-corrected chi connectivity index (χ0v) is 16.6. The van der Waals surface area contributed by atoms with Gasteiger partial charge in [-0.1, -0.05) is 42.0 Å². The number of hydrogen-bond donors (Lipinski definition) is 1. The van der Waals surface area contributed by atoms with E-state index in [4.69, 9.17) is 4.74 Å². The van der Waals surface area contributed by atoms with Gasteiger partial charge < -0.3 is 9.72 Å². The molecule has 1 N–H and O–H groups in total. The lowest BCUT2D eigenvalue weighted by atomic mass is 10.0. The molecule has 0 radical (unpaired) electrons. The van der Waals surface area contributed by atoms with Crippen LogP contribution in [0.15, 0.2) is 53.3 Å². The molecule has 0 bridgehead atoms. The number of aryl methyl sites for hydroxylation is 2. The molecule has 4 rings (SSSR count). The molecule has 0 spiro atoms. The fourth-order valence-electron chi connectivity index (χ4n) is 3.18. The van der Waals surface area contributed by atoms with Crippen molar-refractivity contribution < 1.29 is 9.66 Å². The second-order valence-corrected chi connectivity index (χ2v) is 7.81. The molecule has 146 valence electrons. The Hall–Kier alpha value is -3.52. The molecule has 0 atom stereocenters. The number of fused-ring (bicyclic) bond motifs is 1. The monoisotopic (exact) mass is 407 g/mol. The Kier molecular flexibility index (Phi) is 4.85. The molecule has 0 amide bonds. The van der Waals surface area contributed by atoms with Crippen molar-refractivity contribution in [3.8, 4) is 16.9 Å². The second-order valence-electron chi connectivity index (χ2n) is 6.61. The van der Waals surface area contributed by atoms with Gasteiger partial charge in [-0.3, -0.25) is 14.9 Å². The van der Waals surface area contributed by atoms with Gasteiger partial charge in [0.15, 0.2) is 5.75 Å². The molecule has 7 nitrogen and oxygen atoms in total. The van der Waals surface area contributed by atoms with E-state index in [9.17, 15) is 14.9 Å². The topological polar surface area (TPSA) is 98.1 Å². The minimum atomic E-state index is -0.509. The van der Waals surface area contributed by atoms with Gasteiger partial charge in [0.05, 0.1) is 10.3 Å². The molecule has 8 heteroatoms. The summed E-state index contributed by atoms with van der Waals surface area (Å²) >= 11 is 1.44. The summed E-state index contributed by atoms with van der Waals surface area (Å²) in [5.41, 5.74) is 2.61. The number of aromatic amines is 1. The Morgan fingerprint density at radius 1 is 1.14 bits per heavy atom. The largest absolute Gasteiger partial charge is 0.479 e. The molecular formula is C21H17N3O4S. The number of rotatable bonds is 5. The second kappa shape index (κ2) is 7.48. The summed E-state index contributed by atoms with van der Waals surface area (Å²) in [5.74, 6) is 0.445. The highest BCUT2D eigenvalue weighted by atomic mass is 32.1. The first-order valence-electron chi connectivity index (χ1n) is 8.89. The smallest absolute Gasteiger partial charge is 0.310 e. The van der Waals surface area contributed by atoms with Crippen LogP contribution in [0.25, 0.3) is 21.3 Å². The van der Waals surface area contributed by atoms with E-state index in [1.54, 1.807) is 12.1 Å². The number of nitrogens with one attached hydrogen (secondary N) is 1. The van der Waals surface area contributed by atoms with Crippen molar-refractivity contribution in [2.75, 3.05) is 0 Å². The predicted molar refractivity (Wildman–Crippen MR) is 113 cm³/mol. The summed E-state index contributed by atoms with van der Waals surface area (Å²) in [6.07, 6.45) is 0. The van der Waals surface area contributed by atoms with Crippen molar-refractivity contribution in [2.45, 2.75) is 20.5 Å². The highest BCUT2D eigenvalue weighted by Gasteiger charge is 2.18. The van der Waals surface area contributed by atoms with Gasteiger partial charge in [-0.2, -0.15) is 0 Å². The van der Waals surface area contributed by atoms with E-state index in [0.29, 0.717) is 16.0 Å². The molecule has 0 aliphatic heterocycles. The molecule has 0 unspecified atom stereocenters.